The monoisotopic (exact) mass is 438 g/mol. The summed E-state index contributed by atoms with van der Waals surface area (Å²) in [7, 11) is 1.51. The van der Waals surface area contributed by atoms with Gasteiger partial charge in [0, 0.05) is 37.1 Å². The molecule has 8 heteroatoms. The highest BCUT2D eigenvalue weighted by atomic mass is 35.5. The van der Waals surface area contributed by atoms with Crippen LogP contribution in [-0.4, -0.2) is 65.1 Å². The van der Waals surface area contributed by atoms with E-state index in [1.807, 2.05) is 25.1 Å². The number of aromatic amines is 1. The van der Waals surface area contributed by atoms with Gasteiger partial charge in [0.2, 0.25) is 5.91 Å². The number of methoxy groups -OCH3 is 1. The maximum Gasteiger partial charge on any atom is 0.257 e. The highest BCUT2D eigenvalue weighted by Gasteiger charge is 2.27. The number of nitrogens with one attached hydrogen (secondary N) is 1. The van der Waals surface area contributed by atoms with E-state index in [0.717, 1.165) is 27.6 Å². The molecule has 0 aliphatic carbocycles. The van der Waals surface area contributed by atoms with Crippen molar-refractivity contribution in [3.05, 3.63) is 59.3 Å². The van der Waals surface area contributed by atoms with Gasteiger partial charge in [-0.15, -0.1) is 0 Å². The summed E-state index contributed by atoms with van der Waals surface area (Å²) in [5, 5.41) is 8.44. The number of ether oxygens (including phenoxy) is 1. The minimum Gasteiger partial charge on any atom is -0.494 e. The van der Waals surface area contributed by atoms with Gasteiger partial charge in [-0.3, -0.25) is 14.7 Å². The number of aryl methyl sites for hydroxylation is 1. The molecule has 160 valence electrons. The van der Waals surface area contributed by atoms with Gasteiger partial charge < -0.3 is 14.5 Å². The van der Waals surface area contributed by atoms with Gasteiger partial charge in [0.25, 0.3) is 5.91 Å². The van der Waals surface area contributed by atoms with Crippen LogP contribution in [0.15, 0.2) is 43.1 Å². The molecule has 31 heavy (non-hydrogen) atoms. The van der Waals surface area contributed by atoms with Crippen molar-refractivity contribution in [2.45, 2.75) is 6.92 Å². The first-order valence-corrected chi connectivity index (χ1v) is 10.3. The number of hydrogen-bond acceptors (Lipinski definition) is 4. The Morgan fingerprint density at radius 1 is 1.16 bits per heavy atom. The van der Waals surface area contributed by atoms with Gasteiger partial charge in [0.1, 0.15) is 0 Å². The quantitative estimate of drug-likeness (QED) is 0.630. The van der Waals surface area contributed by atoms with E-state index in [9.17, 15) is 9.59 Å². The molecular formula is C23H23ClN4O3. The average molecular weight is 439 g/mol. The van der Waals surface area contributed by atoms with Crippen molar-refractivity contribution in [3.63, 3.8) is 0 Å². The number of rotatable bonds is 4. The van der Waals surface area contributed by atoms with Crippen molar-refractivity contribution in [3.8, 4) is 16.9 Å². The van der Waals surface area contributed by atoms with Crippen LogP contribution in [0.3, 0.4) is 0 Å². The van der Waals surface area contributed by atoms with Crippen LogP contribution >= 0.6 is 11.6 Å². The highest BCUT2D eigenvalue weighted by Crippen LogP contribution is 2.42. The molecule has 0 atom stereocenters. The van der Waals surface area contributed by atoms with Crippen molar-refractivity contribution < 1.29 is 14.3 Å². The van der Waals surface area contributed by atoms with Crippen LogP contribution in [0, 0.1) is 6.92 Å². The fraction of sp³-hybridized carbons (Fsp3) is 0.261. The molecule has 4 rings (SSSR count). The predicted octanol–water partition coefficient (Wildman–Crippen LogP) is 3.67. The number of halogens is 1. The maximum absolute atomic E-state index is 13.2. The minimum atomic E-state index is -0.172. The number of nitrogens with zero attached hydrogens (tertiary/aromatic N) is 3. The van der Waals surface area contributed by atoms with Crippen LogP contribution in [0.25, 0.3) is 22.0 Å². The molecule has 1 N–H and O–H groups in total. The number of amides is 2. The standard InChI is InChI=1S/C23H23ClN4O3/c1-4-19(29)27-9-11-28(12-10-27)23(30)16-7-6-15(21(24)22(16)31-3)20-14(2)5-8-18-17(20)13-25-26-18/h4-8,13H,1,9-12H2,2-3H3,(H,25,26). The van der Waals surface area contributed by atoms with E-state index in [4.69, 9.17) is 16.3 Å². The second-order valence-electron chi connectivity index (χ2n) is 7.42. The lowest BCUT2D eigenvalue weighted by Gasteiger charge is -2.34. The number of fused-ring (bicyclic) bond motifs is 1. The Hall–Kier alpha value is -3.32. The van der Waals surface area contributed by atoms with Crippen molar-refractivity contribution in [2.24, 2.45) is 0 Å². The minimum absolute atomic E-state index is 0.124. The number of carbonyl (C=O) groups is 2. The third kappa shape index (κ3) is 3.65. The number of aromatic nitrogens is 2. The predicted molar refractivity (Wildman–Crippen MR) is 121 cm³/mol. The van der Waals surface area contributed by atoms with E-state index in [1.165, 1.54) is 13.2 Å². The molecule has 2 amide bonds. The molecule has 0 bridgehead atoms. The number of H-pyrrole nitrogens is 1. The second kappa shape index (κ2) is 8.43. The lowest BCUT2D eigenvalue weighted by Crippen LogP contribution is -2.50. The van der Waals surface area contributed by atoms with Crippen LogP contribution in [0.2, 0.25) is 5.02 Å². The van der Waals surface area contributed by atoms with Gasteiger partial charge >= 0.3 is 0 Å². The molecule has 3 aromatic rings. The lowest BCUT2D eigenvalue weighted by molar-refractivity contribution is -0.127. The largest absolute Gasteiger partial charge is 0.494 e. The summed E-state index contributed by atoms with van der Waals surface area (Å²) >= 11 is 6.76. The van der Waals surface area contributed by atoms with Crippen molar-refractivity contribution >= 4 is 34.3 Å². The first kappa shape index (κ1) is 20.9. The molecule has 0 spiro atoms. The van der Waals surface area contributed by atoms with E-state index >= 15 is 0 Å². The fourth-order valence-corrected chi connectivity index (χ4v) is 4.37. The van der Waals surface area contributed by atoms with E-state index in [2.05, 4.69) is 16.8 Å². The SMILES string of the molecule is C=CC(=O)N1CCN(C(=O)c2ccc(-c3c(C)ccc4[nH]ncc34)c(Cl)c2OC)CC1. The van der Waals surface area contributed by atoms with Crippen LogP contribution in [-0.2, 0) is 4.79 Å². The van der Waals surface area contributed by atoms with Crippen molar-refractivity contribution in [2.75, 3.05) is 33.3 Å². The Balaban J connectivity index is 1.68. The Morgan fingerprint density at radius 2 is 1.87 bits per heavy atom. The molecular weight excluding hydrogens is 416 g/mol. The molecule has 1 aliphatic rings. The summed E-state index contributed by atoms with van der Waals surface area (Å²) in [5.74, 6) is 0.0452. The molecule has 1 saturated heterocycles. The van der Waals surface area contributed by atoms with Gasteiger partial charge in [-0.25, -0.2) is 0 Å². The summed E-state index contributed by atoms with van der Waals surface area (Å²) in [6.07, 6.45) is 3.06. The van der Waals surface area contributed by atoms with Gasteiger partial charge in [-0.05, 0) is 36.3 Å². The van der Waals surface area contributed by atoms with Gasteiger partial charge in [0.05, 0.1) is 29.4 Å². The first-order valence-electron chi connectivity index (χ1n) is 9.96. The Morgan fingerprint density at radius 3 is 2.55 bits per heavy atom. The van der Waals surface area contributed by atoms with Gasteiger partial charge in [0.15, 0.2) is 5.75 Å². The topological polar surface area (TPSA) is 78.5 Å². The molecule has 2 heterocycles. The molecule has 7 nitrogen and oxygen atoms in total. The van der Waals surface area contributed by atoms with E-state index in [1.54, 1.807) is 22.1 Å². The molecule has 1 aromatic heterocycles. The summed E-state index contributed by atoms with van der Waals surface area (Å²) in [4.78, 5) is 28.4. The Labute approximate surface area is 185 Å². The zero-order chi connectivity index (χ0) is 22.1. The van der Waals surface area contributed by atoms with E-state index in [0.29, 0.717) is 42.5 Å². The van der Waals surface area contributed by atoms with Crippen LogP contribution in [0.1, 0.15) is 15.9 Å². The normalized spacial score (nSPS) is 14.0. The third-order valence-electron chi connectivity index (χ3n) is 5.69. The van der Waals surface area contributed by atoms with Crippen LogP contribution in [0.5, 0.6) is 5.75 Å². The number of hydrogen-bond donors (Lipinski definition) is 1. The molecule has 1 aliphatic heterocycles. The fourth-order valence-electron chi connectivity index (χ4n) is 4.03. The highest BCUT2D eigenvalue weighted by molar-refractivity contribution is 6.36. The summed E-state index contributed by atoms with van der Waals surface area (Å²) < 4.78 is 5.58. The molecule has 0 saturated carbocycles. The summed E-state index contributed by atoms with van der Waals surface area (Å²) in [6, 6.07) is 7.58. The summed E-state index contributed by atoms with van der Waals surface area (Å²) in [6.45, 7) is 7.33. The van der Waals surface area contributed by atoms with Gasteiger partial charge in [-0.1, -0.05) is 30.3 Å². The lowest BCUT2D eigenvalue weighted by atomic mass is 9.95. The van der Waals surface area contributed by atoms with Crippen LogP contribution in [0.4, 0.5) is 0 Å². The molecule has 1 fully saturated rings. The van der Waals surface area contributed by atoms with Gasteiger partial charge in [-0.2, -0.15) is 5.10 Å². The van der Waals surface area contributed by atoms with Crippen molar-refractivity contribution in [1.29, 1.82) is 0 Å². The summed E-state index contributed by atoms with van der Waals surface area (Å²) in [5.41, 5.74) is 4.07. The number of benzene rings is 2. The number of piperazine rings is 1. The van der Waals surface area contributed by atoms with E-state index < -0.39 is 0 Å². The maximum atomic E-state index is 13.2. The smallest absolute Gasteiger partial charge is 0.257 e. The zero-order valence-corrected chi connectivity index (χ0v) is 18.2. The number of carbonyl (C=O) groups excluding carboxylic acids is 2. The second-order valence-corrected chi connectivity index (χ2v) is 7.80. The Kier molecular flexibility index (Phi) is 5.69. The van der Waals surface area contributed by atoms with E-state index in [-0.39, 0.29) is 11.8 Å². The molecule has 0 radical (unpaired) electrons. The molecule has 2 aromatic carbocycles. The zero-order valence-electron chi connectivity index (χ0n) is 17.4. The molecule has 0 unspecified atom stereocenters. The van der Waals surface area contributed by atoms with Crippen LogP contribution < -0.4 is 4.74 Å². The van der Waals surface area contributed by atoms with Crippen molar-refractivity contribution in [1.82, 2.24) is 20.0 Å². The Bertz CT molecular complexity index is 1180. The average Bonchev–Trinajstić information content (AvgIpc) is 3.27. The third-order valence-corrected chi connectivity index (χ3v) is 6.06. The first-order chi connectivity index (χ1) is 15.0.